The monoisotopic (exact) mass is 358 g/mol. The number of nitrogens with one attached hydrogen (secondary N) is 2. The van der Waals surface area contributed by atoms with Crippen molar-refractivity contribution in [3.63, 3.8) is 0 Å². The van der Waals surface area contributed by atoms with Crippen LogP contribution in [-0.4, -0.2) is 38.0 Å². The van der Waals surface area contributed by atoms with Gasteiger partial charge in [-0.1, -0.05) is 24.3 Å². The Bertz CT molecular complexity index is 730. The summed E-state index contributed by atoms with van der Waals surface area (Å²) in [6.07, 6.45) is 0.907. The lowest BCUT2D eigenvalue weighted by atomic mass is 10.2. The first-order valence-corrected chi connectivity index (χ1v) is 9.56. The number of anilines is 1. The fourth-order valence-corrected chi connectivity index (χ4v) is 3.75. The zero-order chi connectivity index (χ0) is 17.6. The zero-order valence-electron chi connectivity index (χ0n) is 14.5. The van der Waals surface area contributed by atoms with Crippen LogP contribution in [0, 0.1) is 0 Å². The molecule has 25 heavy (non-hydrogen) atoms. The van der Waals surface area contributed by atoms with Crippen LogP contribution in [0.3, 0.4) is 0 Å². The van der Waals surface area contributed by atoms with Crippen molar-refractivity contribution < 1.29 is 14.5 Å². The zero-order valence-corrected chi connectivity index (χ0v) is 15.3. The van der Waals surface area contributed by atoms with Crippen LogP contribution in [0.1, 0.15) is 17.4 Å². The molecule has 1 aliphatic heterocycles. The van der Waals surface area contributed by atoms with Gasteiger partial charge in [-0.25, -0.2) is 0 Å². The third kappa shape index (κ3) is 4.46. The number of nitrogens with zero attached hydrogens (tertiary/aromatic N) is 1. The summed E-state index contributed by atoms with van der Waals surface area (Å²) < 4.78 is 0. The van der Waals surface area contributed by atoms with Gasteiger partial charge in [-0.15, -0.1) is 11.3 Å². The first-order chi connectivity index (χ1) is 12.2. The molecule has 0 saturated carbocycles. The van der Waals surface area contributed by atoms with Gasteiger partial charge >= 0.3 is 0 Å². The van der Waals surface area contributed by atoms with Crippen molar-refractivity contribution in [2.75, 3.05) is 31.1 Å². The van der Waals surface area contributed by atoms with Crippen molar-refractivity contribution in [2.24, 2.45) is 0 Å². The van der Waals surface area contributed by atoms with E-state index in [0.29, 0.717) is 19.6 Å². The highest BCUT2D eigenvalue weighted by atomic mass is 32.1. The SMILES string of the molecule is CC[NH+](CC(=O)NCc1cccs1)CC(=O)N1CCc2ccccc21. The number of fused-ring (bicyclic) bond motifs is 1. The second-order valence-corrected chi connectivity index (χ2v) is 7.27. The number of rotatable bonds is 7. The van der Waals surface area contributed by atoms with Gasteiger partial charge in [0.25, 0.3) is 11.8 Å². The fraction of sp³-hybridized carbons (Fsp3) is 0.368. The van der Waals surface area contributed by atoms with Crippen LogP contribution >= 0.6 is 11.3 Å². The van der Waals surface area contributed by atoms with Gasteiger partial charge in [0.1, 0.15) is 0 Å². The minimum atomic E-state index is -0.0140. The minimum absolute atomic E-state index is 0.0140. The Balaban J connectivity index is 1.51. The number of hydrogen-bond donors (Lipinski definition) is 2. The minimum Gasteiger partial charge on any atom is -0.346 e. The molecule has 3 rings (SSSR count). The molecular formula is C19H24N3O2S+. The van der Waals surface area contributed by atoms with Crippen molar-refractivity contribution in [1.29, 1.82) is 0 Å². The van der Waals surface area contributed by atoms with E-state index in [2.05, 4.69) is 11.4 Å². The van der Waals surface area contributed by atoms with Gasteiger partial charge in [-0.2, -0.15) is 0 Å². The number of thiophene rings is 1. The Labute approximate surface area is 152 Å². The number of benzene rings is 1. The van der Waals surface area contributed by atoms with Crippen LogP contribution in [0.15, 0.2) is 41.8 Å². The van der Waals surface area contributed by atoms with E-state index in [-0.39, 0.29) is 11.8 Å². The summed E-state index contributed by atoms with van der Waals surface area (Å²) in [5.74, 6) is 0.0766. The number of amides is 2. The van der Waals surface area contributed by atoms with Crippen LogP contribution < -0.4 is 15.1 Å². The van der Waals surface area contributed by atoms with Crippen LogP contribution in [0.5, 0.6) is 0 Å². The summed E-state index contributed by atoms with van der Waals surface area (Å²) in [4.78, 5) is 28.8. The molecule has 1 aromatic heterocycles. The van der Waals surface area contributed by atoms with Gasteiger partial charge < -0.3 is 15.1 Å². The van der Waals surface area contributed by atoms with Crippen molar-refractivity contribution >= 4 is 28.8 Å². The summed E-state index contributed by atoms with van der Waals surface area (Å²) in [5, 5.41) is 4.93. The van der Waals surface area contributed by atoms with E-state index in [1.807, 2.05) is 47.5 Å². The van der Waals surface area contributed by atoms with E-state index in [1.54, 1.807) is 11.3 Å². The molecule has 1 atom stereocenters. The van der Waals surface area contributed by atoms with E-state index in [9.17, 15) is 9.59 Å². The number of carbonyl (C=O) groups excluding carboxylic acids is 2. The van der Waals surface area contributed by atoms with Gasteiger partial charge in [-0.3, -0.25) is 9.59 Å². The maximum atomic E-state index is 12.7. The maximum absolute atomic E-state index is 12.7. The molecule has 2 amide bonds. The summed E-state index contributed by atoms with van der Waals surface area (Å²) in [6, 6.07) is 12.0. The van der Waals surface area contributed by atoms with E-state index >= 15 is 0 Å². The molecule has 1 aromatic carbocycles. The van der Waals surface area contributed by atoms with Crippen molar-refractivity contribution in [3.8, 4) is 0 Å². The molecule has 0 spiro atoms. The lowest BCUT2D eigenvalue weighted by Gasteiger charge is -2.21. The Morgan fingerprint density at radius 3 is 2.80 bits per heavy atom. The number of hydrogen-bond acceptors (Lipinski definition) is 3. The molecule has 2 N–H and O–H groups in total. The van der Waals surface area contributed by atoms with Crippen molar-refractivity contribution in [1.82, 2.24) is 5.32 Å². The first kappa shape index (κ1) is 17.6. The summed E-state index contributed by atoms with van der Waals surface area (Å²) in [7, 11) is 0. The Morgan fingerprint density at radius 2 is 2.04 bits per heavy atom. The van der Waals surface area contributed by atoms with Crippen molar-refractivity contribution in [2.45, 2.75) is 19.9 Å². The normalized spacial score (nSPS) is 14.2. The van der Waals surface area contributed by atoms with Gasteiger partial charge in [0.15, 0.2) is 13.1 Å². The number of para-hydroxylation sites is 1. The summed E-state index contributed by atoms with van der Waals surface area (Å²) in [5.41, 5.74) is 2.24. The van der Waals surface area contributed by atoms with E-state index < -0.39 is 0 Å². The lowest BCUT2D eigenvalue weighted by Crippen LogP contribution is -3.14. The Kier molecular flexibility index (Phi) is 5.83. The highest BCUT2D eigenvalue weighted by Gasteiger charge is 2.27. The number of quaternary nitrogens is 1. The van der Waals surface area contributed by atoms with Crippen LogP contribution in [-0.2, 0) is 22.6 Å². The van der Waals surface area contributed by atoms with Gasteiger partial charge in [0.05, 0.1) is 13.1 Å². The summed E-state index contributed by atoms with van der Waals surface area (Å²) in [6.45, 7) is 4.71. The smallest absolute Gasteiger partial charge is 0.282 e. The van der Waals surface area contributed by atoms with Crippen LogP contribution in [0.2, 0.25) is 0 Å². The quantitative estimate of drug-likeness (QED) is 0.771. The van der Waals surface area contributed by atoms with E-state index in [1.165, 1.54) is 5.56 Å². The summed E-state index contributed by atoms with van der Waals surface area (Å²) >= 11 is 1.63. The highest BCUT2D eigenvalue weighted by molar-refractivity contribution is 7.09. The average molecular weight is 358 g/mol. The molecule has 0 radical (unpaired) electrons. The predicted octanol–water partition coefficient (Wildman–Crippen LogP) is 0.858. The molecular weight excluding hydrogens is 334 g/mol. The molecule has 0 fully saturated rings. The van der Waals surface area contributed by atoms with E-state index in [4.69, 9.17) is 0 Å². The number of carbonyl (C=O) groups is 2. The fourth-order valence-electron chi connectivity index (χ4n) is 3.11. The predicted molar refractivity (Wildman–Crippen MR) is 99.9 cm³/mol. The molecule has 6 heteroatoms. The van der Waals surface area contributed by atoms with Crippen molar-refractivity contribution in [3.05, 3.63) is 52.2 Å². The maximum Gasteiger partial charge on any atom is 0.282 e. The molecule has 5 nitrogen and oxygen atoms in total. The van der Waals surface area contributed by atoms with Crippen LogP contribution in [0.25, 0.3) is 0 Å². The average Bonchev–Trinajstić information content (AvgIpc) is 3.28. The second-order valence-electron chi connectivity index (χ2n) is 6.24. The second kappa shape index (κ2) is 8.27. The Morgan fingerprint density at radius 1 is 1.20 bits per heavy atom. The van der Waals surface area contributed by atoms with Gasteiger partial charge in [-0.05, 0) is 36.4 Å². The molecule has 0 bridgehead atoms. The lowest BCUT2D eigenvalue weighted by molar-refractivity contribution is -0.881. The topological polar surface area (TPSA) is 53.9 Å². The molecule has 132 valence electrons. The molecule has 2 aromatic rings. The third-order valence-corrected chi connectivity index (χ3v) is 5.42. The molecule has 0 aliphatic carbocycles. The largest absolute Gasteiger partial charge is 0.346 e. The third-order valence-electron chi connectivity index (χ3n) is 4.54. The van der Waals surface area contributed by atoms with Crippen LogP contribution in [0.4, 0.5) is 5.69 Å². The number of likely N-dealkylation sites (N-methyl/N-ethyl adjacent to an activating group) is 1. The molecule has 1 aliphatic rings. The molecule has 1 unspecified atom stereocenters. The van der Waals surface area contributed by atoms with Gasteiger partial charge in [0, 0.05) is 17.1 Å². The molecule has 2 heterocycles. The van der Waals surface area contributed by atoms with Gasteiger partial charge in [0.2, 0.25) is 0 Å². The first-order valence-electron chi connectivity index (χ1n) is 8.68. The highest BCUT2D eigenvalue weighted by Crippen LogP contribution is 2.26. The molecule has 0 saturated heterocycles. The Hall–Kier alpha value is -2.18. The van der Waals surface area contributed by atoms with E-state index in [0.717, 1.165) is 35.0 Å². The standard InChI is InChI=1S/C19H23N3O2S/c1-2-21(13-18(23)20-12-16-7-5-11-25-16)14-19(24)22-10-9-15-6-3-4-8-17(15)22/h3-8,11H,2,9-10,12-14H2,1H3,(H,20,23)/p+1.